The van der Waals surface area contributed by atoms with E-state index in [2.05, 4.69) is 5.32 Å². The monoisotopic (exact) mass is 241 g/mol. The summed E-state index contributed by atoms with van der Waals surface area (Å²) in [6.45, 7) is 2.98. The predicted octanol–water partition coefficient (Wildman–Crippen LogP) is 2.11. The van der Waals surface area contributed by atoms with Crippen LogP contribution in [0.5, 0.6) is 11.5 Å². The first-order valence-electron chi connectivity index (χ1n) is 5.41. The van der Waals surface area contributed by atoms with E-state index >= 15 is 0 Å². The van der Waals surface area contributed by atoms with Gasteiger partial charge in [0.25, 0.3) is 0 Å². The van der Waals surface area contributed by atoms with E-state index in [1.807, 2.05) is 13.0 Å². The molecule has 5 heteroatoms. The number of ether oxygens (including phenoxy) is 2. The molecule has 0 saturated carbocycles. The van der Waals surface area contributed by atoms with Crippen LogP contribution in [0.15, 0.2) is 23.9 Å². The van der Waals surface area contributed by atoms with Gasteiger partial charge in [0.1, 0.15) is 30.9 Å². The van der Waals surface area contributed by atoms with Crippen LogP contribution in [0.1, 0.15) is 5.56 Å². The molecule has 0 amide bonds. The first-order chi connectivity index (χ1) is 8.74. The maximum Gasteiger partial charge on any atom is 0.163 e. The normalized spacial score (nSPS) is 11.9. The van der Waals surface area contributed by atoms with Crippen molar-refractivity contribution in [2.24, 2.45) is 0 Å². The maximum atomic E-state index is 8.64. The Bertz CT molecular complexity index is 563. The number of nitriles is 2. The van der Waals surface area contributed by atoms with Gasteiger partial charge in [-0.15, -0.1) is 0 Å². The summed E-state index contributed by atoms with van der Waals surface area (Å²) in [4.78, 5) is 0. The Morgan fingerprint density at radius 3 is 2.44 bits per heavy atom. The molecule has 90 valence electrons. The van der Waals surface area contributed by atoms with E-state index < -0.39 is 0 Å². The fourth-order valence-corrected chi connectivity index (χ4v) is 1.59. The standard InChI is InChI=1S/C13H11N3O2/c1-9-4-12-13(18-3-2-17-12)5-11(9)16-8-10(6-14)7-15/h4-5,8,16H,2-3H2,1H3. The SMILES string of the molecule is Cc1cc2c(cc1NC=C(C#N)C#N)OCCO2. The third kappa shape index (κ3) is 2.36. The van der Waals surface area contributed by atoms with E-state index in [9.17, 15) is 0 Å². The zero-order valence-electron chi connectivity index (χ0n) is 9.86. The van der Waals surface area contributed by atoms with Gasteiger partial charge < -0.3 is 14.8 Å². The summed E-state index contributed by atoms with van der Waals surface area (Å²) in [6.07, 6.45) is 1.37. The lowest BCUT2D eigenvalue weighted by Gasteiger charge is -2.20. The van der Waals surface area contributed by atoms with E-state index in [0.717, 1.165) is 11.3 Å². The van der Waals surface area contributed by atoms with Gasteiger partial charge in [-0.1, -0.05) is 0 Å². The van der Waals surface area contributed by atoms with Crippen LogP contribution in [-0.2, 0) is 0 Å². The third-order valence-corrected chi connectivity index (χ3v) is 2.50. The quantitative estimate of drug-likeness (QED) is 0.802. The van der Waals surface area contributed by atoms with E-state index in [4.69, 9.17) is 20.0 Å². The van der Waals surface area contributed by atoms with Crippen molar-refractivity contribution in [2.75, 3.05) is 18.5 Å². The van der Waals surface area contributed by atoms with Crippen molar-refractivity contribution >= 4 is 5.69 Å². The lowest BCUT2D eigenvalue weighted by Crippen LogP contribution is -2.15. The zero-order valence-corrected chi connectivity index (χ0v) is 9.86. The summed E-state index contributed by atoms with van der Waals surface area (Å²) >= 11 is 0. The Hall–Kier alpha value is -2.66. The highest BCUT2D eigenvalue weighted by molar-refractivity contribution is 5.62. The van der Waals surface area contributed by atoms with Crippen molar-refractivity contribution in [3.8, 4) is 23.6 Å². The van der Waals surface area contributed by atoms with Crippen LogP contribution < -0.4 is 14.8 Å². The van der Waals surface area contributed by atoms with Gasteiger partial charge in [0.15, 0.2) is 11.5 Å². The second kappa shape index (κ2) is 5.11. The van der Waals surface area contributed by atoms with E-state index in [1.54, 1.807) is 18.2 Å². The first-order valence-corrected chi connectivity index (χ1v) is 5.41. The number of nitrogens with zero attached hydrogens (tertiary/aromatic N) is 2. The number of hydrogen-bond donors (Lipinski definition) is 1. The average Bonchev–Trinajstić information content (AvgIpc) is 2.40. The molecule has 1 aromatic carbocycles. The number of anilines is 1. The molecule has 1 aliphatic rings. The molecule has 0 aliphatic carbocycles. The van der Waals surface area contributed by atoms with Crippen molar-refractivity contribution in [3.63, 3.8) is 0 Å². The van der Waals surface area contributed by atoms with Gasteiger partial charge >= 0.3 is 0 Å². The lowest BCUT2D eigenvalue weighted by molar-refractivity contribution is 0.171. The highest BCUT2D eigenvalue weighted by Gasteiger charge is 2.13. The van der Waals surface area contributed by atoms with Gasteiger partial charge in [-0.25, -0.2) is 0 Å². The van der Waals surface area contributed by atoms with Crippen LogP contribution in [0, 0.1) is 29.6 Å². The minimum Gasteiger partial charge on any atom is -0.486 e. The van der Waals surface area contributed by atoms with Crippen LogP contribution in [0.4, 0.5) is 5.69 Å². The molecular formula is C13H11N3O2. The smallest absolute Gasteiger partial charge is 0.163 e. The number of hydrogen-bond acceptors (Lipinski definition) is 5. The average molecular weight is 241 g/mol. The molecule has 0 unspecified atom stereocenters. The van der Waals surface area contributed by atoms with Gasteiger partial charge in [0.05, 0.1) is 0 Å². The molecule has 0 radical (unpaired) electrons. The fraction of sp³-hybridized carbons (Fsp3) is 0.231. The van der Waals surface area contributed by atoms with Gasteiger partial charge in [0.2, 0.25) is 0 Å². The van der Waals surface area contributed by atoms with Crippen LogP contribution in [0.25, 0.3) is 0 Å². The molecule has 1 heterocycles. The van der Waals surface area contributed by atoms with E-state index in [0.29, 0.717) is 24.7 Å². The Morgan fingerprint density at radius 2 is 1.83 bits per heavy atom. The highest BCUT2D eigenvalue weighted by Crippen LogP contribution is 2.35. The van der Waals surface area contributed by atoms with Crippen LogP contribution in [0.2, 0.25) is 0 Å². The molecule has 0 aromatic heterocycles. The number of fused-ring (bicyclic) bond motifs is 1. The maximum absolute atomic E-state index is 8.64. The second-order valence-corrected chi connectivity index (χ2v) is 3.74. The number of nitrogens with one attached hydrogen (secondary N) is 1. The minimum atomic E-state index is 0.0179. The fourth-order valence-electron chi connectivity index (χ4n) is 1.59. The van der Waals surface area contributed by atoms with Crippen molar-refractivity contribution in [2.45, 2.75) is 6.92 Å². The number of aryl methyl sites for hydroxylation is 1. The molecule has 0 fully saturated rings. The summed E-state index contributed by atoms with van der Waals surface area (Å²) in [5.41, 5.74) is 1.75. The molecule has 0 atom stereocenters. The van der Waals surface area contributed by atoms with Gasteiger partial charge in [-0.3, -0.25) is 0 Å². The first kappa shape index (κ1) is 11.8. The van der Waals surface area contributed by atoms with Crippen LogP contribution >= 0.6 is 0 Å². The van der Waals surface area contributed by atoms with Crippen LogP contribution in [-0.4, -0.2) is 13.2 Å². The number of benzene rings is 1. The Morgan fingerprint density at radius 1 is 1.22 bits per heavy atom. The van der Waals surface area contributed by atoms with Gasteiger partial charge in [-0.2, -0.15) is 10.5 Å². The largest absolute Gasteiger partial charge is 0.486 e. The Balaban J connectivity index is 2.27. The molecule has 0 spiro atoms. The number of allylic oxidation sites excluding steroid dienone is 1. The summed E-state index contributed by atoms with van der Waals surface area (Å²) in [5, 5.41) is 20.2. The summed E-state index contributed by atoms with van der Waals surface area (Å²) < 4.78 is 10.9. The molecule has 1 aliphatic heterocycles. The molecule has 18 heavy (non-hydrogen) atoms. The van der Waals surface area contributed by atoms with E-state index in [1.165, 1.54) is 6.20 Å². The van der Waals surface area contributed by atoms with Crippen LogP contribution in [0.3, 0.4) is 0 Å². The topological polar surface area (TPSA) is 78.1 Å². The molecule has 2 rings (SSSR count). The third-order valence-electron chi connectivity index (χ3n) is 2.50. The van der Waals surface area contributed by atoms with Crippen molar-refractivity contribution < 1.29 is 9.47 Å². The van der Waals surface area contributed by atoms with Crippen molar-refractivity contribution in [1.29, 1.82) is 10.5 Å². The lowest BCUT2D eigenvalue weighted by atomic mass is 10.1. The number of rotatable bonds is 2. The predicted molar refractivity (Wildman–Crippen MR) is 65.1 cm³/mol. The summed E-state index contributed by atoms with van der Waals surface area (Å²) in [6, 6.07) is 7.23. The molecule has 1 aromatic rings. The molecular weight excluding hydrogens is 230 g/mol. The zero-order chi connectivity index (χ0) is 13.0. The Kier molecular flexibility index (Phi) is 3.36. The minimum absolute atomic E-state index is 0.0179. The second-order valence-electron chi connectivity index (χ2n) is 3.74. The van der Waals surface area contributed by atoms with E-state index in [-0.39, 0.29) is 5.57 Å². The van der Waals surface area contributed by atoms with Gasteiger partial charge in [-0.05, 0) is 18.6 Å². The van der Waals surface area contributed by atoms with Gasteiger partial charge in [0, 0.05) is 18.0 Å². The molecule has 1 N–H and O–H groups in total. The highest BCUT2D eigenvalue weighted by atomic mass is 16.6. The molecule has 0 bridgehead atoms. The molecule has 0 saturated heterocycles. The molecule has 5 nitrogen and oxygen atoms in total. The Labute approximate surface area is 105 Å². The summed E-state index contributed by atoms with van der Waals surface area (Å²) in [7, 11) is 0. The van der Waals surface area contributed by atoms with Crippen molar-refractivity contribution in [1.82, 2.24) is 0 Å². The summed E-state index contributed by atoms with van der Waals surface area (Å²) in [5.74, 6) is 1.38. The van der Waals surface area contributed by atoms with Crippen molar-refractivity contribution in [3.05, 3.63) is 29.5 Å².